The molecular weight excluding hydrogens is 416 g/mol. The molecular formula is C22H23BrN4O. The van der Waals surface area contributed by atoms with Crippen LogP contribution in [0, 0.1) is 0 Å². The average Bonchev–Trinajstić information content (AvgIpc) is 2.75. The third-order valence-corrected chi connectivity index (χ3v) is 5.29. The first-order valence-corrected chi connectivity index (χ1v) is 10.3. The maximum Gasteiger partial charge on any atom is 0.130 e. The van der Waals surface area contributed by atoms with Crippen LogP contribution >= 0.6 is 15.9 Å². The highest BCUT2D eigenvalue weighted by Gasteiger charge is 2.18. The first-order chi connectivity index (χ1) is 13.8. The predicted octanol–water partition coefficient (Wildman–Crippen LogP) is 4.14. The van der Waals surface area contributed by atoms with Crippen molar-refractivity contribution < 1.29 is 4.74 Å². The SMILES string of the molecule is Brc1ccc(N2CCN(Cc3cccc(OCc4ccccn4)c3)CC2)nc1. The van der Waals surface area contributed by atoms with Crippen LogP contribution in [0.1, 0.15) is 11.3 Å². The lowest BCUT2D eigenvalue weighted by Crippen LogP contribution is -2.46. The smallest absolute Gasteiger partial charge is 0.130 e. The number of nitrogens with zero attached hydrogens (tertiary/aromatic N) is 4. The van der Waals surface area contributed by atoms with E-state index in [0.29, 0.717) is 6.61 Å². The van der Waals surface area contributed by atoms with E-state index >= 15 is 0 Å². The minimum Gasteiger partial charge on any atom is -0.487 e. The molecule has 6 heteroatoms. The van der Waals surface area contributed by atoms with E-state index in [-0.39, 0.29) is 0 Å². The molecule has 0 aliphatic carbocycles. The maximum absolute atomic E-state index is 5.91. The van der Waals surface area contributed by atoms with E-state index < -0.39 is 0 Å². The van der Waals surface area contributed by atoms with Crippen molar-refractivity contribution in [2.75, 3.05) is 31.1 Å². The minimum atomic E-state index is 0.489. The van der Waals surface area contributed by atoms with Gasteiger partial charge >= 0.3 is 0 Å². The highest BCUT2D eigenvalue weighted by molar-refractivity contribution is 9.10. The molecule has 1 aliphatic heterocycles. The van der Waals surface area contributed by atoms with Crippen LogP contribution in [0.2, 0.25) is 0 Å². The summed E-state index contributed by atoms with van der Waals surface area (Å²) in [6, 6.07) is 18.3. The second-order valence-electron chi connectivity index (χ2n) is 6.85. The van der Waals surface area contributed by atoms with Crippen LogP contribution in [0.15, 0.2) is 71.5 Å². The number of ether oxygens (including phenoxy) is 1. The van der Waals surface area contributed by atoms with Crippen LogP contribution in [0.5, 0.6) is 5.75 Å². The molecule has 0 bridgehead atoms. The number of rotatable bonds is 6. The van der Waals surface area contributed by atoms with Gasteiger partial charge in [0, 0.05) is 49.6 Å². The molecule has 144 valence electrons. The monoisotopic (exact) mass is 438 g/mol. The van der Waals surface area contributed by atoms with Gasteiger partial charge in [-0.05, 0) is 57.9 Å². The average molecular weight is 439 g/mol. The fourth-order valence-electron chi connectivity index (χ4n) is 3.32. The Morgan fingerprint density at radius 1 is 0.929 bits per heavy atom. The molecule has 0 N–H and O–H groups in total. The lowest BCUT2D eigenvalue weighted by atomic mass is 10.2. The highest BCUT2D eigenvalue weighted by Crippen LogP contribution is 2.19. The van der Waals surface area contributed by atoms with E-state index in [9.17, 15) is 0 Å². The van der Waals surface area contributed by atoms with E-state index in [2.05, 4.69) is 60.0 Å². The first-order valence-electron chi connectivity index (χ1n) is 9.47. The predicted molar refractivity (Wildman–Crippen MR) is 114 cm³/mol. The Morgan fingerprint density at radius 2 is 1.82 bits per heavy atom. The molecule has 1 aromatic carbocycles. The Morgan fingerprint density at radius 3 is 2.57 bits per heavy atom. The molecule has 3 heterocycles. The Labute approximate surface area is 174 Å². The van der Waals surface area contributed by atoms with Gasteiger partial charge in [0.05, 0.1) is 5.69 Å². The van der Waals surface area contributed by atoms with Crippen molar-refractivity contribution in [3.05, 3.63) is 82.7 Å². The third-order valence-electron chi connectivity index (χ3n) is 4.83. The summed E-state index contributed by atoms with van der Waals surface area (Å²) in [6.45, 7) is 5.45. The van der Waals surface area contributed by atoms with E-state index in [0.717, 1.165) is 54.5 Å². The summed E-state index contributed by atoms with van der Waals surface area (Å²) >= 11 is 3.44. The fourth-order valence-corrected chi connectivity index (χ4v) is 3.56. The summed E-state index contributed by atoms with van der Waals surface area (Å²) in [7, 11) is 0. The molecule has 1 fully saturated rings. The van der Waals surface area contributed by atoms with Gasteiger partial charge in [-0.3, -0.25) is 9.88 Å². The molecule has 28 heavy (non-hydrogen) atoms. The quantitative estimate of drug-likeness (QED) is 0.578. The third kappa shape index (κ3) is 5.09. The van der Waals surface area contributed by atoms with Crippen LogP contribution in [-0.2, 0) is 13.2 Å². The maximum atomic E-state index is 5.91. The van der Waals surface area contributed by atoms with Gasteiger partial charge in [-0.2, -0.15) is 0 Å². The molecule has 3 aromatic rings. The molecule has 0 saturated carbocycles. The zero-order chi connectivity index (χ0) is 19.2. The van der Waals surface area contributed by atoms with Crippen molar-refractivity contribution in [3.8, 4) is 5.75 Å². The summed E-state index contributed by atoms with van der Waals surface area (Å²) in [5.74, 6) is 1.94. The van der Waals surface area contributed by atoms with Crippen LogP contribution in [0.3, 0.4) is 0 Å². The van der Waals surface area contributed by atoms with E-state index in [1.54, 1.807) is 6.20 Å². The standard InChI is InChI=1S/C22H23BrN4O/c23-19-7-8-22(25-15-19)27-12-10-26(11-13-27)16-18-4-3-6-21(14-18)28-17-20-5-1-2-9-24-20/h1-9,14-15H,10-13,16-17H2. The van der Waals surface area contributed by atoms with Gasteiger partial charge in [0.2, 0.25) is 0 Å². The normalized spacial score (nSPS) is 14.8. The van der Waals surface area contributed by atoms with Crippen molar-refractivity contribution >= 4 is 21.7 Å². The zero-order valence-corrected chi connectivity index (χ0v) is 17.3. The highest BCUT2D eigenvalue weighted by atomic mass is 79.9. The summed E-state index contributed by atoms with van der Waals surface area (Å²) in [5.41, 5.74) is 2.21. The van der Waals surface area contributed by atoms with Gasteiger partial charge in [-0.15, -0.1) is 0 Å². The van der Waals surface area contributed by atoms with E-state index in [1.165, 1.54) is 5.56 Å². The molecule has 5 nitrogen and oxygen atoms in total. The molecule has 2 aromatic heterocycles. The molecule has 0 spiro atoms. The lowest BCUT2D eigenvalue weighted by molar-refractivity contribution is 0.248. The van der Waals surface area contributed by atoms with Crippen molar-refractivity contribution in [1.82, 2.24) is 14.9 Å². The van der Waals surface area contributed by atoms with Gasteiger partial charge in [0.25, 0.3) is 0 Å². The van der Waals surface area contributed by atoms with Gasteiger partial charge in [0.1, 0.15) is 18.2 Å². The summed E-state index contributed by atoms with van der Waals surface area (Å²) < 4.78 is 6.92. The number of benzene rings is 1. The van der Waals surface area contributed by atoms with Crippen LogP contribution in [0.25, 0.3) is 0 Å². The number of aromatic nitrogens is 2. The van der Waals surface area contributed by atoms with Crippen LogP contribution in [-0.4, -0.2) is 41.0 Å². The van der Waals surface area contributed by atoms with Crippen LogP contribution < -0.4 is 9.64 Å². The molecule has 4 rings (SSSR count). The van der Waals surface area contributed by atoms with Gasteiger partial charge in [-0.25, -0.2) is 4.98 Å². The van der Waals surface area contributed by atoms with Gasteiger partial charge in [-0.1, -0.05) is 18.2 Å². The van der Waals surface area contributed by atoms with Gasteiger partial charge in [0.15, 0.2) is 0 Å². The molecule has 0 unspecified atom stereocenters. The summed E-state index contributed by atoms with van der Waals surface area (Å²) in [6.07, 6.45) is 3.65. The fraction of sp³-hybridized carbons (Fsp3) is 0.273. The van der Waals surface area contributed by atoms with E-state index in [4.69, 9.17) is 4.74 Å². The van der Waals surface area contributed by atoms with E-state index in [1.807, 2.05) is 36.5 Å². The zero-order valence-electron chi connectivity index (χ0n) is 15.7. The molecule has 0 amide bonds. The second kappa shape index (κ2) is 9.17. The van der Waals surface area contributed by atoms with Crippen molar-refractivity contribution in [2.24, 2.45) is 0 Å². The largest absolute Gasteiger partial charge is 0.487 e. The van der Waals surface area contributed by atoms with Crippen molar-refractivity contribution in [2.45, 2.75) is 13.2 Å². The number of pyridine rings is 2. The van der Waals surface area contributed by atoms with Crippen molar-refractivity contribution in [1.29, 1.82) is 0 Å². The minimum absolute atomic E-state index is 0.489. The van der Waals surface area contributed by atoms with Gasteiger partial charge < -0.3 is 9.64 Å². The first kappa shape index (κ1) is 18.9. The van der Waals surface area contributed by atoms with Crippen LogP contribution in [0.4, 0.5) is 5.82 Å². The Kier molecular flexibility index (Phi) is 6.19. The molecule has 0 radical (unpaired) electrons. The lowest BCUT2D eigenvalue weighted by Gasteiger charge is -2.35. The molecule has 0 atom stereocenters. The molecule has 1 saturated heterocycles. The number of piperazine rings is 1. The van der Waals surface area contributed by atoms with Crippen molar-refractivity contribution in [3.63, 3.8) is 0 Å². The Hall–Kier alpha value is -2.44. The number of halogens is 1. The Balaban J connectivity index is 1.29. The topological polar surface area (TPSA) is 41.5 Å². The Bertz CT molecular complexity index is 881. The summed E-state index contributed by atoms with van der Waals surface area (Å²) in [4.78, 5) is 13.6. The number of hydrogen-bond acceptors (Lipinski definition) is 5. The second-order valence-corrected chi connectivity index (χ2v) is 7.77. The molecule has 1 aliphatic rings. The number of hydrogen-bond donors (Lipinski definition) is 0. The number of anilines is 1. The summed E-state index contributed by atoms with van der Waals surface area (Å²) in [5, 5.41) is 0.